The highest BCUT2D eigenvalue weighted by molar-refractivity contribution is 6.74. The maximum absolute atomic E-state index is 12.7. The first kappa shape index (κ1) is 30.4. The van der Waals surface area contributed by atoms with Gasteiger partial charge in [0.2, 0.25) is 0 Å². The molecule has 12 heteroatoms. The van der Waals surface area contributed by atoms with Gasteiger partial charge in [0.05, 0.1) is 12.3 Å². The summed E-state index contributed by atoms with van der Waals surface area (Å²) in [4.78, 5) is 31.7. The van der Waals surface area contributed by atoms with Crippen LogP contribution in [0.4, 0.5) is 0 Å². The topological polar surface area (TPSA) is 142 Å². The predicted molar refractivity (Wildman–Crippen MR) is 145 cm³/mol. The summed E-state index contributed by atoms with van der Waals surface area (Å²) in [6.07, 6.45) is -1.06. The Hall–Kier alpha value is -1.86. The van der Waals surface area contributed by atoms with Crippen LogP contribution in [0.1, 0.15) is 53.3 Å². The Balaban J connectivity index is 2.48. The predicted octanol–water partition coefficient (Wildman–Crippen LogP) is 3.11. The number of aromatic amines is 1. The van der Waals surface area contributed by atoms with Gasteiger partial charge in [-0.1, -0.05) is 53.4 Å². The zero-order valence-corrected chi connectivity index (χ0v) is 25.2. The number of hydrogen-bond donors (Lipinski definition) is 3. The van der Waals surface area contributed by atoms with E-state index < -0.39 is 46.3 Å². The molecule has 2 rings (SSSR count). The van der Waals surface area contributed by atoms with Gasteiger partial charge >= 0.3 is 5.69 Å². The van der Waals surface area contributed by atoms with Crippen molar-refractivity contribution in [3.05, 3.63) is 32.6 Å². The molecule has 0 saturated carbocycles. The van der Waals surface area contributed by atoms with Gasteiger partial charge in [0, 0.05) is 6.20 Å². The van der Waals surface area contributed by atoms with Crippen molar-refractivity contribution in [2.24, 2.45) is 5.90 Å². The number of nitrogens with one attached hydrogen (secondary N) is 2. The lowest BCUT2D eigenvalue weighted by atomic mass is 10.1. The first-order valence-electron chi connectivity index (χ1n) is 12.0. The van der Waals surface area contributed by atoms with Crippen molar-refractivity contribution in [2.45, 2.75) is 96.2 Å². The number of aromatic nitrogens is 2. The standard InChI is InChI=1S/C24H42N4O6Si2/c1-23(2,3)35(7,8)32-15-17-19(34-36(9,10)24(4,5)6)18(25)21(33-17)28-14-16(12-11-13-31-26)20(29)27-22(28)30/h14,17,19,21,25H,13,15,26H2,1-10H3,(H,27,29,30)/t17-,19-,21-/m1/s1. The number of nitrogens with zero attached hydrogens (tertiary/aromatic N) is 1. The van der Waals surface area contributed by atoms with Crippen molar-refractivity contribution in [1.29, 1.82) is 5.41 Å². The lowest BCUT2D eigenvalue weighted by molar-refractivity contribution is -0.0388. The average molecular weight is 539 g/mol. The number of rotatable bonds is 7. The Morgan fingerprint density at radius 3 is 2.22 bits per heavy atom. The lowest BCUT2D eigenvalue weighted by Gasteiger charge is -2.40. The van der Waals surface area contributed by atoms with Gasteiger partial charge in [-0.05, 0) is 36.3 Å². The Morgan fingerprint density at radius 2 is 1.69 bits per heavy atom. The van der Waals surface area contributed by atoms with Gasteiger partial charge in [0.15, 0.2) is 22.9 Å². The summed E-state index contributed by atoms with van der Waals surface area (Å²) in [5.41, 5.74) is -1.21. The van der Waals surface area contributed by atoms with E-state index in [-0.39, 0.29) is 34.6 Å². The van der Waals surface area contributed by atoms with E-state index in [1.54, 1.807) is 0 Å². The van der Waals surface area contributed by atoms with E-state index in [0.29, 0.717) is 0 Å². The van der Waals surface area contributed by atoms with Crippen molar-refractivity contribution >= 4 is 22.3 Å². The average Bonchev–Trinajstić information content (AvgIpc) is 3.01. The molecule has 202 valence electrons. The van der Waals surface area contributed by atoms with Crippen LogP contribution in [-0.4, -0.2) is 57.3 Å². The second-order valence-corrected chi connectivity index (χ2v) is 21.7. The van der Waals surface area contributed by atoms with E-state index >= 15 is 0 Å². The van der Waals surface area contributed by atoms with Crippen LogP contribution in [0, 0.1) is 17.3 Å². The third-order valence-electron chi connectivity index (χ3n) is 7.46. The Kier molecular flexibility index (Phi) is 9.16. The minimum absolute atomic E-state index is 0.00896. The first-order valence-corrected chi connectivity index (χ1v) is 17.9. The molecule has 0 spiro atoms. The number of nitrogens with two attached hydrogens (primary N) is 1. The Labute approximate surface area is 215 Å². The maximum atomic E-state index is 12.7. The van der Waals surface area contributed by atoms with E-state index in [4.69, 9.17) is 24.9 Å². The molecule has 1 aromatic rings. The lowest BCUT2D eigenvalue weighted by Crippen LogP contribution is -2.50. The van der Waals surface area contributed by atoms with Crippen LogP contribution < -0.4 is 17.1 Å². The highest BCUT2D eigenvalue weighted by Crippen LogP contribution is 2.41. The van der Waals surface area contributed by atoms with Crippen molar-refractivity contribution in [3.63, 3.8) is 0 Å². The molecule has 0 aliphatic carbocycles. The smallest absolute Gasteiger partial charge is 0.330 e. The summed E-state index contributed by atoms with van der Waals surface area (Å²) in [5.74, 6) is 10.2. The van der Waals surface area contributed by atoms with Crippen molar-refractivity contribution in [3.8, 4) is 11.8 Å². The molecular weight excluding hydrogens is 496 g/mol. The maximum Gasteiger partial charge on any atom is 0.330 e. The number of hydrogen-bond acceptors (Lipinski definition) is 8. The molecule has 1 aromatic heterocycles. The van der Waals surface area contributed by atoms with Gasteiger partial charge in [-0.15, -0.1) is 0 Å². The number of H-pyrrole nitrogens is 1. The summed E-state index contributed by atoms with van der Waals surface area (Å²) >= 11 is 0. The van der Waals surface area contributed by atoms with E-state index in [2.05, 4.69) is 89.4 Å². The zero-order chi connectivity index (χ0) is 27.7. The van der Waals surface area contributed by atoms with Crippen LogP contribution in [0.15, 0.2) is 15.8 Å². The highest BCUT2D eigenvalue weighted by atomic mass is 28.4. The Bertz CT molecular complexity index is 1130. The molecule has 10 nitrogen and oxygen atoms in total. The molecule has 0 radical (unpaired) electrons. The van der Waals surface area contributed by atoms with Crippen LogP contribution in [0.2, 0.25) is 36.3 Å². The second kappa shape index (κ2) is 10.9. The van der Waals surface area contributed by atoms with E-state index in [1.165, 1.54) is 10.8 Å². The minimum Gasteiger partial charge on any atom is -0.414 e. The molecule has 1 fully saturated rings. The van der Waals surface area contributed by atoms with Gasteiger partial charge in [0.1, 0.15) is 24.4 Å². The van der Waals surface area contributed by atoms with Gasteiger partial charge in [0.25, 0.3) is 5.56 Å². The molecule has 1 aliphatic rings. The second-order valence-electron chi connectivity index (χ2n) is 12.2. The third-order valence-corrected chi connectivity index (χ3v) is 16.4. The zero-order valence-electron chi connectivity index (χ0n) is 23.2. The van der Waals surface area contributed by atoms with Gasteiger partial charge in [-0.3, -0.25) is 19.2 Å². The molecule has 0 bridgehead atoms. The van der Waals surface area contributed by atoms with Crippen molar-refractivity contribution < 1.29 is 18.4 Å². The van der Waals surface area contributed by atoms with Crippen molar-refractivity contribution in [1.82, 2.24) is 9.55 Å². The highest BCUT2D eigenvalue weighted by Gasteiger charge is 2.49. The molecular formula is C24H42N4O6Si2. The SMILES string of the molecule is CC(C)(C)[Si](C)(C)OC[C@H]1O[C@@H](n2cc(C#CCON)c(=O)[nH]c2=O)C(=N)[C@@H]1O[Si](C)(C)C(C)(C)C. The molecule has 3 atom stereocenters. The van der Waals surface area contributed by atoms with Crippen LogP contribution in [0.25, 0.3) is 0 Å². The van der Waals surface area contributed by atoms with E-state index in [9.17, 15) is 9.59 Å². The summed E-state index contributed by atoms with van der Waals surface area (Å²) in [7, 11) is -4.43. The van der Waals surface area contributed by atoms with Gasteiger partial charge < -0.3 is 19.0 Å². The molecule has 0 unspecified atom stereocenters. The Morgan fingerprint density at radius 1 is 1.11 bits per heavy atom. The van der Waals surface area contributed by atoms with Crippen LogP contribution in [0.5, 0.6) is 0 Å². The van der Waals surface area contributed by atoms with Crippen molar-refractivity contribution in [2.75, 3.05) is 13.2 Å². The number of ether oxygens (including phenoxy) is 1. The quantitative estimate of drug-likeness (QED) is 0.275. The summed E-state index contributed by atoms with van der Waals surface area (Å²) < 4.78 is 20.5. The van der Waals surface area contributed by atoms with Gasteiger partial charge in [-0.25, -0.2) is 10.7 Å². The fourth-order valence-corrected chi connectivity index (χ4v) is 5.34. The molecule has 36 heavy (non-hydrogen) atoms. The van der Waals surface area contributed by atoms with E-state index in [0.717, 1.165) is 0 Å². The van der Waals surface area contributed by atoms with Crippen LogP contribution in [0.3, 0.4) is 0 Å². The summed E-state index contributed by atoms with van der Waals surface area (Å²) in [5, 5.41) is 8.86. The van der Waals surface area contributed by atoms with E-state index in [1.807, 2.05) is 0 Å². The summed E-state index contributed by atoms with van der Waals surface area (Å²) in [6, 6.07) is 0. The fraction of sp³-hybridized carbons (Fsp3) is 0.708. The normalized spacial score (nSPS) is 21.4. The van der Waals surface area contributed by atoms with Crippen LogP contribution >= 0.6 is 0 Å². The molecule has 2 heterocycles. The minimum atomic E-state index is -2.31. The third kappa shape index (κ3) is 6.71. The first-order chi connectivity index (χ1) is 16.3. The summed E-state index contributed by atoms with van der Waals surface area (Å²) in [6.45, 7) is 21.5. The molecule has 1 saturated heterocycles. The molecule has 4 N–H and O–H groups in total. The molecule has 1 aliphatic heterocycles. The van der Waals surface area contributed by atoms with Crippen LogP contribution in [-0.2, 0) is 18.4 Å². The fourth-order valence-electron chi connectivity index (χ4n) is 3.06. The van der Waals surface area contributed by atoms with Gasteiger partial charge in [-0.2, -0.15) is 0 Å². The largest absolute Gasteiger partial charge is 0.414 e. The molecule has 0 aromatic carbocycles. The monoisotopic (exact) mass is 538 g/mol. The molecule has 0 amide bonds.